The van der Waals surface area contributed by atoms with Crippen LogP contribution < -0.4 is 0 Å². The van der Waals surface area contributed by atoms with Crippen molar-refractivity contribution in [3.63, 3.8) is 0 Å². The van der Waals surface area contributed by atoms with Crippen molar-refractivity contribution in [2.75, 3.05) is 20.8 Å². The summed E-state index contributed by atoms with van der Waals surface area (Å²) in [4.78, 5) is 12.9. The van der Waals surface area contributed by atoms with Gasteiger partial charge in [0.1, 0.15) is 29.8 Å². The van der Waals surface area contributed by atoms with Crippen LogP contribution in [0.25, 0.3) is 0 Å². The largest absolute Gasteiger partial charge is 0.464 e. The third kappa shape index (κ3) is 5.12. The quantitative estimate of drug-likeness (QED) is 0.408. The zero-order valence-corrected chi connectivity index (χ0v) is 21.7. The lowest BCUT2D eigenvalue weighted by Gasteiger charge is -2.48. The molecule has 6 atom stereocenters. The first-order valence-electron chi connectivity index (χ1n) is 11.1. The molecular formula is C24H23Cl2N3O6S. The van der Waals surface area contributed by atoms with Crippen molar-refractivity contribution in [1.29, 1.82) is 0 Å². The number of methoxy groups -OCH3 is 2. The number of halogens is 2. The number of fused-ring (bicyclic) bond motifs is 1. The van der Waals surface area contributed by atoms with Crippen molar-refractivity contribution in [2.45, 2.75) is 41.0 Å². The number of thioether (sulfide) groups is 1. The summed E-state index contributed by atoms with van der Waals surface area (Å²) < 4.78 is 31.2. The fourth-order valence-electron chi connectivity index (χ4n) is 4.30. The number of nitrogens with zero attached hydrogens (tertiary/aromatic N) is 3. The summed E-state index contributed by atoms with van der Waals surface area (Å²) >= 11 is 13.8. The molecule has 36 heavy (non-hydrogen) atoms. The fraction of sp³-hybridized carbons (Fsp3) is 0.375. The second-order valence-electron chi connectivity index (χ2n) is 8.18. The molecule has 2 saturated heterocycles. The average molecular weight is 552 g/mol. The number of carbonyl (C=O) groups is 1. The van der Waals surface area contributed by atoms with Crippen LogP contribution in [0.2, 0.25) is 10.0 Å². The Hall–Kier alpha value is -2.18. The molecule has 0 spiro atoms. The molecule has 2 aliphatic rings. The molecule has 1 aromatic heterocycles. The molecule has 190 valence electrons. The van der Waals surface area contributed by atoms with Crippen molar-refractivity contribution < 1.29 is 28.5 Å². The zero-order chi connectivity index (χ0) is 25.2. The lowest BCUT2D eigenvalue weighted by Crippen LogP contribution is -2.59. The van der Waals surface area contributed by atoms with Crippen LogP contribution in [0.5, 0.6) is 0 Å². The van der Waals surface area contributed by atoms with Gasteiger partial charge < -0.3 is 23.7 Å². The Balaban J connectivity index is 1.49. The molecule has 2 fully saturated rings. The van der Waals surface area contributed by atoms with E-state index in [1.807, 2.05) is 36.4 Å². The zero-order valence-electron chi connectivity index (χ0n) is 19.3. The number of esters is 1. The Bertz CT molecular complexity index is 1220. The average Bonchev–Trinajstić information content (AvgIpc) is 3.39. The Kier molecular flexibility index (Phi) is 7.82. The van der Waals surface area contributed by atoms with Crippen LogP contribution in [0.3, 0.4) is 0 Å². The molecule has 12 heteroatoms. The number of rotatable bonds is 6. The van der Waals surface area contributed by atoms with Crippen LogP contribution in [-0.4, -0.2) is 65.5 Å². The maximum absolute atomic E-state index is 12.1. The third-order valence-electron chi connectivity index (χ3n) is 6.01. The standard InChI is InChI=1S/C24H23Cl2N3O6S/c1-31-21-19(29-11-17(27-28-29)22(30)32-2)20-18(12-33-23(35-20)13-6-4-3-5-7-13)34-24(21)36-14-8-9-15(25)16(26)10-14/h3-11,18-21,23-24H,12H2,1-2H3/t18-,19+,20+,21-,23?,24-/m1/s1. The number of aromatic nitrogens is 3. The normalized spacial score (nSPS) is 27.9. The minimum Gasteiger partial charge on any atom is -0.464 e. The molecular weight excluding hydrogens is 529 g/mol. The molecule has 0 N–H and O–H groups in total. The van der Waals surface area contributed by atoms with E-state index in [1.54, 1.807) is 23.9 Å². The molecule has 9 nitrogen and oxygen atoms in total. The topological polar surface area (TPSA) is 93.9 Å². The van der Waals surface area contributed by atoms with Gasteiger partial charge in [0, 0.05) is 17.6 Å². The second-order valence-corrected chi connectivity index (χ2v) is 10.2. The highest BCUT2D eigenvalue weighted by Crippen LogP contribution is 2.44. The van der Waals surface area contributed by atoms with Crippen LogP contribution in [-0.2, 0) is 23.7 Å². The summed E-state index contributed by atoms with van der Waals surface area (Å²) in [6.07, 6.45) is -0.548. The molecule has 1 unspecified atom stereocenters. The van der Waals surface area contributed by atoms with Gasteiger partial charge >= 0.3 is 5.97 Å². The van der Waals surface area contributed by atoms with Gasteiger partial charge in [-0.25, -0.2) is 9.48 Å². The monoisotopic (exact) mass is 551 g/mol. The van der Waals surface area contributed by atoms with E-state index >= 15 is 0 Å². The third-order valence-corrected chi connectivity index (χ3v) is 7.88. The fourth-order valence-corrected chi connectivity index (χ4v) is 5.87. The Morgan fingerprint density at radius 1 is 1.11 bits per heavy atom. The van der Waals surface area contributed by atoms with Gasteiger partial charge in [0.2, 0.25) is 0 Å². The van der Waals surface area contributed by atoms with E-state index in [1.165, 1.54) is 25.1 Å². The van der Waals surface area contributed by atoms with Crippen LogP contribution in [0.1, 0.15) is 28.4 Å². The summed E-state index contributed by atoms with van der Waals surface area (Å²) in [5.74, 6) is -0.587. The number of ether oxygens (including phenoxy) is 5. The molecule has 0 aliphatic carbocycles. The molecule has 3 aromatic rings. The lowest BCUT2D eigenvalue weighted by atomic mass is 9.96. The maximum Gasteiger partial charge on any atom is 0.360 e. The minimum absolute atomic E-state index is 0.0794. The van der Waals surface area contributed by atoms with Gasteiger partial charge in [0.25, 0.3) is 0 Å². The first-order chi connectivity index (χ1) is 17.5. The predicted octanol–water partition coefficient (Wildman–Crippen LogP) is 4.56. The summed E-state index contributed by atoms with van der Waals surface area (Å²) in [6, 6.07) is 14.5. The second kappa shape index (κ2) is 11.1. The van der Waals surface area contributed by atoms with Gasteiger partial charge in [0.05, 0.1) is 30.0 Å². The number of hydrogen-bond donors (Lipinski definition) is 0. The molecule has 2 aliphatic heterocycles. The highest BCUT2D eigenvalue weighted by molar-refractivity contribution is 7.99. The van der Waals surface area contributed by atoms with Crippen LogP contribution in [0.4, 0.5) is 0 Å². The Labute approximate surface area is 221 Å². The van der Waals surface area contributed by atoms with E-state index in [0.29, 0.717) is 10.0 Å². The molecule has 5 rings (SSSR count). The van der Waals surface area contributed by atoms with Gasteiger partial charge in [-0.3, -0.25) is 0 Å². The van der Waals surface area contributed by atoms with Crippen molar-refractivity contribution >= 4 is 40.9 Å². The SMILES string of the molecule is COC(=O)c1cn([C@@H]2[C@@H](OC)[C@@H](Sc3ccc(Cl)c(Cl)c3)O[C@@H]3COC(c4ccccc4)O[C@H]23)nn1. The van der Waals surface area contributed by atoms with E-state index in [9.17, 15) is 4.79 Å². The molecule has 3 heterocycles. The smallest absolute Gasteiger partial charge is 0.360 e. The van der Waals surface area contributed by atoms with E-state index < -0.39 is 42.0 Å². The Morgan fingerprint density at radius 2 is 1.92 bits per heavy atom. The molecule has 0 amide bonds. The van der Waals surface area contributed by atoms with Gasteiger partial charge in [-0.05, 0) is 18.2 Å². The van der Waals surface area contributed by atoms with Crippen molar-refractivity contribution in [3.05, 3.63) is 76.0 Å². The summed E-state index contributed by atoms with van der Waals surface area (Å²) in [5, 5.41) is 9.12. The highest BCUT2D eigenvalue weighted by atomic mass is 35.5. The molecule has 2 aromatic carbocycles. The lowest BCUT2D eigenvalue weighted by molar-refractivity contribution is -0.308. The minimum atomic E-state index is -0.598. The maximum atomic E-state index is 12.1. The van der Waals surface area contributed by atoms with E-state index in [0.717, 1.165) is 10.5 Å². The first-order valence-corrected chi connectivity index (χ1v) is 12.7. The van der Waals surface area contributed by atoms with Crippen molar-refractivity contribution in [2.24, 2.45) is 0 Å². The predicted molar refractivity (Wildman–Crippen MR) is 132 cm³/mol. The van der Waals surface area contributed by atoms with E-state index in [-0.39, 0.29) is 12.3 Å². The molecule has 0 radical (unpaired) electrons. The number of hydrogen-bond acceptors (Lipinski definition) is 9. The number of benzene rings is 2. The van der Waals surface area contributed by atoms with E-state index in [2.05, 4.69) is 10.3 Å². The summed E-state index contributed by atoms with van der Waals surface area (Å²) in [5.41, 5.74) is 0.477. The Morgan fingerprint density at radius 3 is 2.64 bits per heavy atom. The van der Waals surface area contributed by atoms with Gasteiger partial charge in [-0.2, -0.15) is 0 Å². The van der Waals surface area contributed by atoms with Crippen LogP contribution in [0.15, 0.2) is 59.6 Å². The summed E-state index contributed by atoms with van der Waals surface area (Å²) in [7, 11) is 2.88. The van der Waals surface area contributed by atoms with Crippen molar-refractivity contribution in [3.8, 4) is 0 Å². The van der Waals surface area contributed by atoms with Crippen molar-refractivity contribution in [1.82, 2.24) is 15.0 Å². The van der Waals surface area contributed by atoms with Crippen LogP contribution >= 0.6 is 35.0 Å². The summed E-state index contributed by atoms with van der Waals surface area (Å²) in [6.45, 7) is 0.286. The van der Waals surface area contributed by atoms with E-state index in [4.69, 9.17) is 46.9 Å². The molecule has 0 bridgehead atoms. The molecule has 0 saturated carbocycles. The van der Waals surface area contributed by atoms with Gasteiger partial charge in [0.15, 0.2) is 12.0 Å². The highest BCUT2D eigenvalue weighted by Gasteiger charge is 2.52. The first kappa shape index (κ1) is 25.5. The van der Waals surface area contributed by atoms with Crippen LogP contribution in [0, 0.1) is 0 Å². The van der Waals surface area contributed by atoms with Gasteiger partial charge in [-0.1, -0.05) is 70.5 Å². The van der Waals surface area contributed by atoms with Gasteiger partial charge in [-0.15, -0.1) is 5.10 Å². The number of carbonyl (C=O) groups excluding carboxylic acids is 1.